The van der Waals surface area contributed by atoms with E-state index in [1.807, 2.05) is 30.3 Å². The fourth-order valence-electron chi connectivity index (χ4n) is 1.67. The molecule has 0 radical (unpaired) electrons. The summed E-state index contributed by atoms with van der Waals surface area (Å²) in [6.07, 6.45) is 0. The maximum atomic E-state index is 11.3. The highest BCUT2D eigenvalue weighted by molar-refractivity contribution is 9.10. The third-order valence-electron chi connectivity index (χ3n) is 2.74. The molecule has 0 spiro atoms. The number of carbonyl (C=O) groups is 1. The van der Waals surface area contributed by atoms with Crippen LogP contribution in [0.5, 0.6) is 0 Å². The van der Waals surface area contributed by atoms with Gasteiger partial charge in [0.2, 0.25) is 0 Å². The quantitative estimate of drug-likeness (QED) is 0.511. The Balaban J connectivity index is 2.02. The first-order valence-electron chi connectivity index (χ1n) is 5.95. The third kappa shape index (κ3) is 3.77. The van der Waals surface area contributed by atoms with Gasteiger partial charge in [-0.25, -0.2) is 4.79 Å². The van der Waals surface area contributed by atoms with Crippen molar-refractivity contribution in [3.8, 4) is 0 Å². The Morgan fingerprint density at radius 2 is 1.95 bits per heavy atom. The molecule has 0 bridgehead atoms. The lowest BCUT2D eigenvalue weighted by Crippen LogP contribution is -2.00. The minimum Gasteiger partial charge on any atom is -0.465 e. The highest BCUT2D eigenvalue weighted by Gasteiger charge is 2.05. The van der Waals surface area contributed by atoms with Gasteiger partial charge in [0.15, 0.2) is 0 Å². The van der Waals surface area contributed by atoms with Gasteiger partial charge in [0.1, 0.15) is 0 Å². The van der Waals surface area contributed by atoms with Crippen LogP contribution < -0.4 is 5.73 Å². The fourth-order valence-corrected chi connectivity index (χ4v) is 2.95. The average Bonchev–Trinajstić information content (AvgIpc) is 2.46. The van der Waals surface area contributed by atoms with E-state index in [2.05, 4.69) is 20.7 Å². The molecule has 0 aliphatic rings. The smallest absolute Gasteiger partial charge is 0.337 e. The number of hydrogen-bond acceptors (Lipinski definition) is 4. The Kier molecular flexibility index (Phi) is 5.09. The summed E-state index contributed by atoms with van der Waals surface area (Å²) in [7, 11) is 1.38. The van der Waals surface area contributed by atoms with Crippen LogP contribution in [0.4, 0.5) is 5.69 Å². The van der Waals surface area contributed by atoms with Crippen molar-refractivity contribution in [1.82, 2.24) is 0 Å². The summed E-state index contributed by atoms with van der Waals surface area (Å²) in [6.45, 7) is 0. The van der Waals surface area contributed by atoms with Gasteiger partial charge >= 0.3 is 5.97 Å². The second-order valence-electron chi connectivity index (χ2n) is 4.16. The number of esters is 1. The van der Waals surface area contributed by atoms with Crippen LogP contribution in [-0.2, 0) is 10.5 Å². The minimum absolute atomic E-state index is 0.318. The lowest BCUT2D eigenvalue weighted by molar-refractivity contribution is 0.0600. The molecule has 0 fully saturated rings. The summed E-state index contributed by atoms with van der Waals surface area (Å²) in [5.41, 5.74) is 8.40. The molecular formula is C15H14BrNO2S. The first kappa shape index (κ1) is 14.9. The monoisotopic (exact) mass is 351 g/mol. The van der Waals surface area contributed by atoms with Crippen LogP contribution in [-0.4, -0.2) is 13.1 Å². The van der Waals surface area contributed by atoms with Crippen LogP contribution in [0.2, 0.25) is 0 Å². The van der Waals surface area contributed by atoms with Crippen molar-refractivity contribution in [3.63, 3.8) is 0 Å². The number of rotatable bonds is 4. The second kappa shape index (κ2) is 6.81. The first-order valence-corrected chi connectivity index (χ1v) is 7.73. The molecule has 2 N–H and O–H groups in total. The molecule has 3 nitrogen and oxygen atoms in total. The van der Waals surface area contributed by atoms with Crippen molar-refractivity contribution in [2.24, 2.45) is 0 Å². The lowest BCUT2D eigenvalue weighted by Gasteiger charge is -2.06. The number of halogens is 1. The molecule has 5 heteroatoms. The Labute approximate surface area is 130 Å². The van der Waals surface area contributed by atoms with E-state index in [0.29, 0.717) is 5.56 Å². The van der Waals surface area contributed by atoms with E-state index >= 15 is 0 Å². The molecule has 0 atom stereocenters. The molecule has 0 unspecified atom stereocenters. The summed E-state index contributed by atoms with van der Waals surface area (Å²) < 4.78 is 5.64. The summed E-state index contributed by atoms with van der Waals surface area (Å²) in [4.78, 5) is 12.4. The zero-order chi connectivity index (χ0) is 14.5. The van der Waals surface area contributed by atoms with Gasteiger partial charge in [0.05, 0.1) is 12.7 Å². The molecular weight excluding hydrogens is 338 g/mol. The number of nitrogens with two attached hydrogens (primary N) is 1. The molecule has 0 saturated heterocycles. The number of anilines is 1. The molecule has 0 saturated carbocycles. The standard InChI is InChI=1S/C15H14BrNO2S/c1-19-15(18)11-4-2-10(3-5-11)9-20-14-7-6-12(16)8-13(14)17/h2-8H,9,17H2,1H3. The Hall–Kier alpha value is -1.46. The van der Waals surface area contributed by atoms with Gasteiger partial charge in [-0.1, -0.05) is 28.1 Å². The SMILES string of the molecule is COC(=O)c1ccc(CSc2ccc(Br)cc2N)cc1. The fraction of sp³-hybridized carbons (Fsp3) is 0.133. The minimum atomic E-state index is -0.318. The zero-order valence-corrected chi connectivity index (χ0v) is 13.3. The average molecular weight is 352 g/mol. The lowest BCUT2D eigenvalue weighted by atomic mass is 10.1. The number of nitrogen functional groups attached to an aromatic ring is 1. The zero-order valence-electron chi connectivity index (χ0n) is 10.9. The van der Waals surface area contributed by atoms with Crippen LogP contribution in [0, 0.1) is 0 Å². The highest BCUT2D eigenvalue weighted by Crippen LogP contribution is 2.30. The van der Waals surface area contributed by atoms with Gasteiger partial charge in [-0.3, -0.25) is 0 Å². The summed E-state index contributed by atoms with van der Waals surface area (Å²) >= 11 is 5.05. The number of carbonyl (C=O) groups excluding carboxylic acids is 1. The van der Waals surface area contributed by atoms with E-state index in [9.17, 15) is 4.79 Å². The molecule has 0 aliphatic heterocycles. The Morgan fingerprint density at radius 1 is 1.25 bits per heavy atom. The molecule has 20 heavy (non-hydrogen) atoms. The van der Waals surface area contributed by atoms with Crippen molar-refractivity contribution in [2.75, 3.05) is 12.8 Å². The van der Waals surface area contributed by atoms with Gasteiger partial charge < -0.3 is 10.5 Å². The van der Waals surface area contributed by atoms with Gasteiger partial charge in [-0.2, -0.15) is 0 Å². The van der Waals surface area contributed by atoms with Gasteiger partial charge in [0.25, 0.3) is 0 Å². The number of ether oxygens (including phenoxy) is 1. The van der Waals surface area contributed by atoms with E-state index in [4.69, 9.17) is 5.73 Å². The third-order valence-corrected chi connectivity index (χ3v) is 4.39. The van der Waals surface area contributed by atoms with Crippen LogP contribution in [0.25, 0.3) is 0 Å². The predicted octanol–water partition coefficient (Wildman–Crippen LogP) is 4.11. The van der Waals surface area contributed by atoms with Crippen LogP contribution in [0.3, 0.4) is 0 Å². The molecule has 0 heterocycles. The van der Waals surface area contributed by atoms with E-state index in [1.165, 1.54) is 7.11 Å². The summed E-state index contributed by atoms with van der Waals surface area (Å²) in [5, 5.41) is 0. The molecule has 104 valence electrons. The van der Waals surface area contributed by atoms with E-state index < -0.39 is 0 Å². The Morgan fingerprint density at radius 3 is 2.55 bits per heavy atom. The highest BCUT2D eigenvalue weighted by atomic mass is 79.9. The molecule has 0 aliphatic carbocycles. The van der Waals surface area contributed by atoms with E-state index in [0.717, 1.165) is 26.4 Å². The normalized spacial score (nSPS) is 10.3. The molecule has 2 aromatic rings. The maximum absolute atomic E-state index is 11.3. The van der Waals surface area contributed by atoms with Crippen LogP contribution in [0.1, 0.15) is 15.9 Å². The second-order valence-corrected chi connectivity index (χ2v) is 6.09. The van der Waals surface area contributed by atoms with Crippen molar-refractivity contribution in [1.29, 1.82) is 0 Å². The molecule has 2 rings (SSSR count). The van der Waals surface area contributed by atoms with Crippen LogP contribution >= 0.6 is 27.7 Å². The summed E-state index contributed by atoms with van der Waals surface area (Å²) in [5.74, 6) is 0.481. The van der Waals surface area contributed by atoms with Crippen molar-refractivity contribution in [2.45, 2.75) is 10.6 Å². The largest absolute Gasteiger partial charge is 0.465 e. The first-order chi connectivity index (χ1) is 9.60. The number of benzene rings is 2. The maximum Gasteiger partial charge on any atom is 0.337 e. The van der Waals surface area contributed by atoms with Gasteiger partial charge in [-0.05, 0) is 35.9 Å². The van der Waals surface area contributed by atoms with Crippen molar-refractivity contribution in [3.05, 3.63) is 58.1 Å². The van der Waals surface area contributed by atoms with E-state index in [-0.39, 0.29) is 5.97 Å². The molecule has 2 aromatic carbocycles. The molecule has 0 aromatic heterocycles. The van der Waals surface area contributed by atoms with Gasteiger partial charge in [0, 0.05) is 20.8 Å². The number of methoxy groups -OCH3 is 1. The summed E-state index contributed by atoms with van der Waals surface area (Å²) in [6, 6.07) is 13.2. The predicted molar refractivity (Wildman–Crippen MR) is 85.9 cm³/mol. The van der Waals surface area contributed by atoms with Gasteiger partial charge in [-0.15, -0.1) is 11.8 Å². The number of thioether (sulfide) groups is 1. The van der Waals surface area contributed by atoms with E-state index in [1.54, 1.807) is 23.9 Å². The molecule has 0 amide bonds. The topological polar surface area (TPSA) is 52.3 Å². The van der Waals surface area contributed by atoms with Crippen LogP contribution in [0.15, 0.2) is 51.8 Å². The number of hydrogen-bond donors (Lipinski definition) is 1. The van der Waals surface area contributed by atoms with Crippen molar-refractivity contribution >= 4 is 39.3 Å². The Bertz CT molecular complexity index is 614. The van der Waals surface area contributed by atoms with Crippen molar-refractivity contribution < 1.29 is 9.53 Å².